The predicted molar refractivity (Wildman–Crippen MR) is 80.1 cm³/mol. The van der Waals surface area contributed by atoms with Gasteiger partial charge in [-0.3, -0.25) is 0 Å². The van der Waals surface area contributed by atoms with Crippen molar-refractivity contribution in [2.45, 2.75) is 38.1 Å². The highest BCUT2D eigenvalue weighted by Gasteiger charge is 2.05. The van der Waals surface area contributed by atoms with Gasteiger partial charge >= 0.3 is 0 Å². The Hall–Kier alpha value is -0.510. The Balaban J connectivity index is 2.46. The number of thioether (sulfide) groups is 1. The van der Waals surface area contributed by atoms with Crippen LogP contribution in [0.1, 0.15) is 38.8 Å². The van der Waals surface area contributed by atoms with E-state index in [0.717, 1.165) is 18.7 Å². The Bertz CT molecular complexity index is 326. The zero-order chi connectivity index (χ0) is 13.4. The lowest BCUT2D eigenvalue weighted by atomic mass is 10.1. The van der Waals surface area contributed by atoms with Crippen LogP contribution in [-0.2, 0) is 0 Å². The molecular weight excluding hydrogens is 242 g/mol. The lowest BCUT2D eigenvalue weighted by molar-refractivity contribution is 0.250. The molecule has 0 saturated heterocycles. The van der Waals surface area contributed by atoms with Crippen LogP contribution in [0.5, 0.6) is 0 Å². The molecule has 0 radical (unpaired) electrons. The summed E-state index contributed by atoms with van der Waals surface area (Å²) in [7, 11) is 0. The number of hydrogen-bond donors (Lipinski definition) is 2. The number of aliphatic hydroxyl groups excluding tert-OH is 1. The first-order chi connectivity index (χ1) is 8.67. The van der Waals surface area contributed by atoms with E-state index in [1.165, 1.54) is 10.5 Å². The van der Waals surface area contributed by atoms with Crippen molar-refractivity contribution in [3.8, 4) is 0 Å². The van der Waals surface area contributed by atoms with Gasteiger partial charge in [0.15, 0.2) is 0 Å². The van der Waals surface area contributed by atoms with Crippen LogP contribution in [0.3, 0.4) is 0 Å². The number of aliphatic hydroxyl groups is 1. The average molecular weight is 267 g/mol. The van der Waals surface area contributed by atoms with Crippen molar-refractivity contribution >= 4 is 11.8 Å². The molecule has 2 nitrogen and oxygen atoms in total. The predicted octanol–water partition coefficient (Wildman–Crippen LogP) is 3.47. The summed E-state index contributed by atoms with van der Waals surface area (Å²) in [5, 5.41) is 12.5. The summed E-state index contributed by atoms with van der Waals surface area (Å²) in [6.07, 6.45) is 1.16. The Kier molecular flexibility index (Phi) is 7.40. The molecule has 1 rings (SSSR count). The lowest BCUT2D eigenvalue weighted by Crippen LogP contribution is -2.19. The zero-order valence-corrected chi connectivity index (χ0v) is 12.5. The first kappa shape index (κ1) is 15.5. The Labute approximate surface area is 115 Å². The van der Waals surface area contributed by atoms with Gasteiger partial charge in [-0.1, -0.05) is 26.0 Å². The van der Waals surface area contributed by atoms with Crippen molar-refractivity contribution in [1.29, 1.82) is 0 Å². The van der Waals surface area contributed by atoms with E-state index < -0.39 is 0 Å². The third-order valence-corrected chi connectivity index (χ3v) is 4.27. The molecule has 0 spiro atoms. The maximum atomic E-state index is 8.99. The van der Waals surface area contributed by atoms with Crippen molar-refractivity contribution in [2.24, 2.45) is 5.92 Å². The molecule has 18 heavy (non-hydrogen) atoms. The fraction of sp³-hybridized carbons (Fsp3) is 0.600. The normalized spacial score (nSPS) is 14.4. The van der Waals surface area contributed by atoms with Crippen LogP contribution in [0.4, 0.5) is 0 Å². The van der Waals surface area contributed by atoms with Gasteiger partial charge in [-0.25, -0.2) is 0 Å². The van der Waals surface area contributed by atoms with Crippen LogP contribution in [0.2, 0.25) is 0 Å². The van der Waals surface area contributed by atoms with Crippen LogP contribution in [0.15, 0.2) is 29.2 Å². The number of rotatable bonds is 8. The summed E-state index contributed by atoms with van der Waals surface area (Å²) >= 11 is 1.81. The number of benzene rings is 1. The summed E-state index contributed by atoms with van der Waals surface area (Å²) < 4.78 is 0. The average Bonchev–Trinajstić information content (AvgIpc) is 2.42. The van der Waals surface area contributed by atoms with Crippen molar-refractivity contribution < 1.29 is 5.11 Å². The summed E-state index contributed by atoms with van der Waals surface area (Å²) in [4.78, 5) is 1.28. The van der Waals surface area contributed by atoms with Gasteiger partial charge in [-0.05, 0) is 43.5 Å². The molecule has 3 heteroatoms. The van der Waals surface area contributed by atoms with E-state index in [2.05, 4.69) is 50.4 Å². The van der Waals surface area contributed by atoms with Crippen molar-refractivity contribution in [1.82, 2.24) is 5.32 Å². The molecule has 1 aromatic rings. The second-order valence-electron chi connectivity index (χ2n) is 4.84. The van der Waals surface area contributed by atoms with Crippen LogP contribution >= 0.6 is 11.8 Å². The largest absolute Gasteiger partial charge is 0.396 e. The monoisotopic (exact) mass is 267 g/mol. The summed E-state index contributed by atoms with van der Waals surface area (Å²) in [5.74, 6) is 1.33. The van der Waals surface area contributed by atoms with Crippen LogP contribution in [-0.4, -0.2) is 24.0 Å². The van der Waals surface area contributed by atoms with E-state index in [1.54, 1.807) is 0 Å². The molecule has 0 saturated carbocycles. The molecule has 0 fully saturated rings. The third kappa shape index (κ3) is 5.42. The maximum Gasteiger partial charge on any atom is 0.0464 e. The van der Waals surface area contributed by atoms with Gasteiger partial charge in [0.2, 0.25) is 0 Å². The summed E-state index contributed by atoms with van der Waals surface area (Å²) in [6.45, 7) is 7.78. The minimum absolute atomic E-state index is 0.267. The molecule has 0 aromatic heterocycles. The Morgan fingerprint density at radius 1 is 1.22 bits per heavy atom. The molecule has 1 aromatic carbocycles. The standard InChI is InChI=1S/C15H25NOS/c1-4-9-16-13(3)14-5-7-15(8-6-14)18-11-12(2)10-17/h5-8,12-13,16-17H,4,9-11H2,1-3H3. The van der Waals surface area contributed by atoms with Gasteiger partial charge in [0, 0.05) is 23.3 Å². The third-order valence-electron chi connectivity index (χ3n) is 2.93. The van der Waals surface area contributed by atoms with E-state index in [9.17, 15) is 0 Å². The number of hydrogen-bond acceptors (Lipinski definition) is 3. The zero-order valence-electron chi connectivity index (χ0n) is 11.6. The molecule has 0 bridgehead atoms. The van der Waals surface area contributed by atoms with E-state index in [0.29, 0.717) is 12.0 Å². The van der Waals surface area contributed by atoms with Gasteiger partial charge in [0.1, 0.15) is 0 Å². The summed E-state index contributed by atoms with van der Waals surface area (Å²) in [6, 6.07) is 9.15. The molecule has 0 aliphatic heterocycles. The van der Waals surface area contributed by atoms with Crippen molar-refractivity contribution in [2.75, 3.05) is 18.9 Å². The Morgan fingerprint density at radius 2 is 1.89 bits per heavy atom. The topological polar surface area (TPSA) is 32.3 Å². The second kappa shape index (κ2) is 8.57. The van der Waals surface area contributed by atoms with Gasteiger partial charge < -0.3 is 10.4 Å². The first-order valence-corrected chi connectivity index (χ1v) is 7.73. The van der Waals surface area contributed by atoms with E-state index >= 15 is 0 Å². The highest BCUT2D eigenvalue weighted by Crippen LogP contribution is 2.22. The molecule has 2 unspecified atom stereocenters. The molecule has 102 valence electrons. The van der Waals surface area contributed by atoms with Crippen LogP contribution in [0, 0.1) is 5.92 Å². The fourth-order valence-electron chi connectivity index (χ4n) is 1.62. The van der Waals surface area contributed by atoms with Gasteiger partial charge in [-0.2, -0.15) is 0 Å². The van der Waals surface area contributed by atoms with Crippen LogP contribution < -0.4 is 5.32 Å². The highest BCUT2D eigenvalue weighted by molar-refractivity contribution is 7.99. The smallest absolute Gasteiger partial charge is 0.0464 e. The minimum Gasteiger partial charge on any atom is -0.396 e. The molecule has 0 heterocycles. The second-order valence-corrected chi connectivity index (χ2v) is 5.94. The lowest BCUT2D eigenvalue weighted by Gasteiger charge is -2.14. The van der Waals surface area contributed by atoms with Gasteiger partial charge in [-0.15, -0.1) is 11.8 Å². The summed E-state index contributed by atoms with van der Waals surface area (Å²) in [5.41, 5.74) is 1.34. The Morgan fingerprint density at radius 3 is 2.44 bits per heavy atom. The quantitative estimate of drug-likeness (QED) is 0.707. The van der Waals surface area contributed by atoms with E-state index in [4.69, 9.17) is 5.11 Å². The SMILES string of the molecule is CCCNC(C)c1ccc(SCC(C)CO)cc1. The minimum atomic E-state index is 0.267. The first-order valence-electron chi connectivity index (χ1n) is 6.74. The van der Waals surface area contributed by atoms with Gasteiger partial charge in [0.05, 0.1) is 0 Å². The van der Waals surface area contributed by atoms with Crippen LogP contribution in [0.25, 0.3) is 0 Å². The molecule has 2 N–H and O–H groups in total. The van der Waals surface area contributed by atoms with Gasteiger partial charge in [0.25, 0.3) is 0 Å². The van der Waals surface area contributed by atoms with E-state index in [-0.39, 0.29) is 6.61 Å². The highest BCUT2D eigenvalue weighted by atomic mass is 32.2. The molecule has 0 amide bonds. The van der Waals surface area contributed by atoms with Crippen molar-refractivity contribution in [3.63, 3.8) is 0 Å². The van der Waals surface area contributed by atoms with Crippen molar-refractivity contribution in [3.05, 3.63) is 29.8 Å². The molecule has 0 aliphatic carbocycles. The molecular formula is C15H25NOS. The maximum absolute atomic E-state index is 8.99. The fourth-order valence-corrected chi connectivity index (χ4v) is 2.53. The molecule has 0 aliphatic rings. The molecule has 2 atom stereocenters. The van der Waals surface area contributed by atoms with E-state index in [1.807, 2.05) is 11.8 Å². The number of nitrogens with one attached hydrogen (secondary N) is 1.